The highest BCUT2D eigenvalue weighted by atomic mass is 19.1. The fourth-order valence-corrected chi connectivity index (χ4v) is 4.70. The van der Waals surface area contributed by atoms with E-state index in [9.17, 15) is 4.39 Å². The molecule has 0 amide bonds. The molecule has 1 heterocycles. The number of benzene rings is 3. The minimum atomic E-state index is -0.188. The first-order valence-corrected chi connectivity index (χ1v) is 13.4. The Morgan fingerprint density at radius 3 is 2.00 bits per heavy atom. The van der Waals surface area contributed by atoms with Gasteiger partial charge in [-0.2, -0.15) is 0 Å². The summed E-state index contributed by atoms with van der Waals surface area (Å²) in [5, 5.41) is 0. The molecule has 36 heavy (non-hydrogen) atoms. The molecular weight excluding hydrogens is 445 g/mol. The van der Waals surface area contributed by atoms with Crippen LogP contribution in [0.2, 0.25) is 0 Å². The molecule has 0 aliphatic rings. The van der Waals surface area contributed by atoms with E-state index in [4.69, 9.17) is 4.98 Å². The van der Waals surface area contributed by atoms with Crippen LogP contribution in [0, 0.1) is 5.82 Å². The lowest BCUT2D eigenvalue weighted by molar-refractivity contribution is 0.246. The number of aromatic nitrogens is 2. The topological polar surface area (TPSA) is 21.1 Å². The van der Waals surface area contributed by atoms with Gasteiger partial charge in [-0.3, -0.25) is 4.90 Å². The predicted molar refractivity (Wildman–Crippen MR) is 148 cm³/mol. The summed E-state index contributed by atoms with van der Waals surface area (Å²) >= 11 is 0. The molecule has 0 spiro atoms. The fraction of sp³-hybridized carbons (Fsp3) is 0.344. The first-order chi connectivity index (χ1) is 17.7. The van der Waals surface area contributed by atoms with Crippen molar-refractivity contribution in [3.05, 3.63) is 102 Å². The van der Waals surface area contributed by atoms with Gasteiger partial charge in [0.1, 0.15) is 11.6 Å². The van der Waals surface area contributed by atoms with Crippen LogP contribution in [-0.2, 0) is 19.6 Å². The Kier molecular flexibility index (Phi) is 9.46. The molecule has 0 aliphatic carbocycles. The van der Waals surface area contributed by atoms with Crippen LogP contribution in [0.25, 0.3) is 22.6 Å². The minimum absolute atomic E-state index is 0.188. The lowest BCUT2D eigenvalue weighted by Crippen LogP contribution is -2.26. The van der Waals surface area contributed by atoms with E-state index in [1.54, 1.807) is 12.1 Å². The van der Waals surface area contributed by atoms with Gasteiger partial charge in [0.05, 0.1) is 11.4 Å². The minimum Gasteiger partial charge on any atom is -0.326 e. The molecule has 0 saturated heterocycles. The maximum atomic E-state index is 13.6. The van der Waals surface area contributed by atoms with E-state index in [-0.39, 0.29) is 5.82 Å². The van der Waals surface area contributed by atoms with Crippen molar-refractivity contribution in [1.29, 1.82) is 0 Å². The summed E-state index contributed by atoms with van der Waals surface area (Å²) in [6.45, 7) is 8.00. The molecule has 0 fully saturated rings. The maximum Gasteiger partial charge on any atom is 0.140 e. The molecule has 0 atom stereocenters. The van der Waals surface area contributed by atoms with Crippen LogP contribution in [-0.4, -0.2) is 21.0 Å². The lowest BCUT2D eigenvalue weighted by Gasteiger charge is -2.24. The SMILES string of the molecule is CCCCCn1c(-c2ccccc2)nc(-c2ccccc2)c1CN(CCCC)Cc1ccc(F)cc1. The first kappa shape index (κ1) is 25.8. The van der Waals surface area contributed by atoms with Gasteiger partial charge in [-0.05, 0) is 37.1 Å². The van der Waals surface area contributed by atoms with E-state index in [0.29, 0.717) is 0 Å². The molecular formula is C32H38FN3. The largest absolute Gasteiger partial charge is 0.326 e. The van der Waals surface area contributed by atoms with Gasteiger partial charge < -0.3 is 4.57 Å². The average molecular weight is 484 g/mol. The van der Waals surface area contributed by atoms with Crippen LogP contribution in [0.4, 0.5) is 4.39 Å². The van der Waals surface area contributed by atoms with Crippen LogP contribution in [0.5, 0.6) is 0 Å². The Hall–Kier alpha value is -3.24. The molecule has 0 radical (unpaired) electrons. The van der Waals surface area contributed by atoms with Crippen molar-refractivity contribution in [3.63, 3.8) is 0 Å². The normalized spacial score (nSPS) is 11.3. The van der Waals surface area contributed by atoms with Crippen LogP contribution in [0.3, 0.4) is 0 Å². The zero-order valence-electron chi connectivity index (χ0n) is 21.7. The van der Waals surface area contributed by atoms with E-state index < -0.39 is 0 Å². The van der Waals surface area contributed by atoms with Gasteiger partial charge >= 0.3 is 0 Å². The van der Waals surface area contributed by atoms with Crippen LogP contribution >= 0.6 is 0 Å². The maximum absolute atomic E-state index is 13.6. The first-order valence-electron chi connectivity index (χ1n) is 13.4. The lowest BCUT2D eigenvalue weighted by atomic mass is 10.1. The summed E-state index contributed by atoms with van der Waals surface area (Å²) in [5.74, 6) is 0.851. The Balaban J connectivity index is 1.78. The van der Waals surface area contributed by atoms with Crippen molar-refractivity contribution in [2.24, 2.45) is 0 Å². The molecule has 0 saturated carbocycles. The number of halogens is 1. The van der Waals surface area contributed by atoms with Crippen molar-refractivity contribution in [1.82, 2.24) is 14.5 Å². The molecule has 0 aliphatic heterocycles. The van der Waals surface area contributed by atoms with Crippen molar-refractivity contribution >= 4 is 0 Å². The quantitative estimate of drug-likeness (QED) is 0.178. The number of imidazole rings is 1. The van der Waals surface area contributed by atoms with Gasteiger partial charge in [-0.1, -0.05) is 106 Å². The van der Waals surface area contributed by atoms with E-state index >= 15 is 0 Å². The van der Waals surface area contributed by atoms with E-state index in [1.165, 1.54) is 18.5 Å². The molecule has 4 rings (SSSR count). The summed E-state index contributed by atoms with van der Waals surface area (Å²) < 4.78 is 16.0. The summed E-state index contributed by atoms with van der Waals surface area (Å²) in [4.78, 5) is 7.76. The number of rotatable bonds is 13. The second-order valence-electron chi connectivity index (χ2n) is 9.51. The van der Waals surface area contributed by atoms with Gasteiger partial charge in [0, 0.05) is 30.8 Å². The van der Waals surface area contributed by atoms with Crippen molar-refractivity contribution in [2.75, 3.05) is 6.54 Å². The third kappa shape index (κ3) is 6.70. The fourth-order valence-electron chi connectivity index (χ4n) is 4.70. The highest BCUT2D eigenvalue weighted by molar-refractivity contribution is 5.68. The molecule has 0 unspecified atom stereocenters. The summed E-state index contributed by atoms with van der Waals surface area (Å²) in [6.07, 6.45) is 5.76. The summed E-state index contributed by atoms with van der Waals surface area (Å²) in [6, 6.07) is 28.0. The smallest absolute Gasteiger partial charge is 0.140 e. The van der Waals surface area contributed by atoms with E-state index in [1.807, 2.05) is 12.1 Å². The van der Waals surface area contributed by atoms with Gasteiger partial charge in [0.2, 0.25) is 0 Å². The van der Waals surface area contributed by atoms with Crippen LogP contribution in [0.15, 0.2) is 84.9 Å². The average Bonchev–Trinajstić information content (AvgIpc) is 3.27. The molecule has 3 aromatic carbocycles. The highest BCUT2D eigenvalue weighted by Crippen LogP contribution is 2.31. The van der Waals surface area contributed by atoms with E-state index in [0.717, 1.165) is 73.7 Å². The third-order valence-corrected chi connectivity index (χ3v) is 6.66. The summed E-state index contributed by atoms with van der Waals surface area (Å²) in [7, 11) is 0. The molecule has 0 bridgehead atoms. The molecule has 1 aromatic heterocycles. The third-order valence-electron chi connectivity index (χ3n) is 6.66. The number of hydrogen-bond donors (Lipinski definition) is 0. The van der Waals surface area contributed by atoms with Crippen LogP contribution in [0.1, 0.15) is 57.2 Å². The molecule has 4 heteroatoms. The number of hydrogen-bond acceptors (Lipinski definition) is 2. The molecule has 3 nitrogen and oxygen atoms in total. The van der Waals surface area contributed by atoms with Gasteiger partial charge in [0.15, 0.2) is 0 Å². The molecule has 188 valence electrons. The summed E-state index contributed by atoms with van der Waals surface area (Å²) in [5.41, 5.74) is 5.75. The van der Waals surface area contributed by atoms with Crippen LogP contribution < -0.4 is 0 Å². The Morgan fingerprint density at radius 1 is 0.722 bits per heavy atom. The predicted octanol–water partition coefficient (Wildman–Crippen LogP) is 8.35. The van der Waals surface area contributed by atoms with Crippen molar-refractivity contribution in [3.8, 4) is 22.6 Å². The number of nitrogens with zero attached hydrogens (tertiary/aromatic N) is 3. The number of unbranched alkanes of at least 4 members (excludes halogenated alkanes) is 3. The zero-order chi connectivity index (χ0) is 25.2. The standard InChI is InChI=1S/C32H38FN3/c1-3-5-13-23-36-30(25-35(22-6-4-2)24-26-18-20-29(33)21-19-26)31(27-14-9-7-10-15-27)34-32(36)28-16-11-8-12-17-28/h7-12,14-21H,3-6,13,22-25H2,1-2H3. The second kappa shape index (κ2) is 13.2. The van der Waals surface area contributed by atoms with Crippen molar-refractivity contribution < 1.29 is 4.39 Å². The highest BCUT2D eigenvalue weighted by Gasteiger charge is 2.21. The second-order valence-corrected chi connectivity index (χ2v) is 9.51. The van der Waals surface area contributed by atoms with E-state index in [2.05, 4.69) is 84.0 Å². The Bertz CT molecular complexity index is 1180. The molecule has 0 N–H and O–H groups in total. The Morgan fingerprint density at radius 2 is 1.36 bits per heavy atom. The molecule has 4 aromatic rings. The van der Waals surface area contributed by atoms with Gasteiger partial charge in [0.25, 0.3) is 0 Å². The van der Waals surface area contributed by atoms with Gasteiger partial charge in [-0.15, -0.1) is 0 Å². The Labute approximate surface area is 215 Å². The van der Waals surface area contributed by atoms with Crippen molar-refractivity contribution in [2.45, 2.75) is 65.6 Å². The zero-order valence-corrected chi connectivity index (χ0v) is 21.7. The van der Waals surface area contributed by atoms with Gasteiger partial charge in [-0.25, -0.2) is 9.37 Å². The monoisotopic (exact) mass is 483 g/mol.